The maximum absolute atomic E-state index is 5.43. The van der Waals surface area contributed by atoms with Gasteiger partial charge in [0.05, 0.1) is 5.70 Å². The zero-order chi connectivity index (χ0) is 9.07. The van der Waals surface area contributed by atoms with Crippen molar-refractivity contribution in [1.82, 2.24) is 5.01 Å². The Morgan fingerprint density at radius 3 is 2.09 bits per heavy atom. The van der Waals surface area contributed by atoms with Gasteiger partial charge in [-0.05, 0) is 6.72 Å². The molecule has 0 saturated heterocycles. The van der Waals surface area contributed by atoms with Crippen LogP contribution in [0.25, 0.3) is 0 Å². The molecule has 0 aliphatic carbocycles. The Balaban J connectivity index is 4.54. The maximum atomic E-state index is 5.43. The van der Waals surface area contributed by atoms with Crippen molar-refractivity contribution in [3.63, 3.8) is 0 Å². The average Bonchev–Trinajstić information content (AvgIpc) is 1.79. The van der Waals surface area contributed by atoms with Gasteiger partial charge in [0, 0.05) is 18.7 Å². The van der Waals surface area contributed by atoms with E-state index < -0.39 is 0 Å². The van der Waals surface area contributed by atoms with Gasteiger partial charge in [-0.3, -0.25) is 4.99 Å². The van der Waals surface area contributed by atoms with Crippen LogP contribution in [0.2, 0.25) is 0 Å². The minimum atomic E-state index is 0.00931. The number of rotatable bonds is 2. The van der Waals surface area contributed by atoms with Gasteiger partial charge in [0.25, 0.3) is 0 Å². The summed E-state index contributed by atoms with van der Waals surface area (Å²) >= 11 is 0. The van der Waals surface area contributed by atoms with Crippen LogP contribution in [-0.2, 0) is 0 Å². The molecule has 0 heterocycles. The predicted octanol–water partition coefficient (Wildman–Crippen LogP) is 1.38. The molecule has 3 heteroatoms. The van der Waals surface area contributed by atoms with Gasteiger partial charge in [-0.1, -0.05) is 20.8 Å². The third-order valence-electron chi connectivity index (χ3n) is 1.26. The number of allylic oxidation sites excluding steroid dienone is 1. The summed E-state index contributed by atoms with van der Waals surface area (Å²) in [6.07, 6.45) is 1.77. The maximum Gasteiger partial charge on any atom is 0.0622 e. The van der Waals surface area contributed by atoms with E-state index in [0.717, 1.165) is 5.70 Å². The molecule has 0 spiro atoms. The summed E-state index contributed by atoms with van der Waals surface area (Å²) in [5.74, 6) is 5.43. The Bertz CT molecular complexity index is 163. The first-order valence-corrected chi connectivity index (χ1v) is 3.54. The molecular formula is C8H17N3. The predicted molar refractivity (Wildman–Crippen MR) is 49.0 cm³/mol. The number of hydrogen-bond acceptors (Lipinski definition) is 3. The highest BCUT2D eigenvalue weighted by atomic mass is 15.4. The summed E-state index contributed by atoms with van der Waals surface area (Å²) < 4.78 is 0. The molecule has 0 aromatic rings. The van der Waals surface area contributed by atoms with Crippen LogP contribution < -0.4 is 5.84 Å². The van der Waals surface area contributed by atoms with Crippen LogP contribution in [0.1, 0.15) is 20.8 Å². The molecule has 0 amide bonds. The number of hydrazine groups is 1. The summed E-state index contributed by atoms with van der Waals surface area (Å²) in [6, 6.07) is 0. The lowest BCUT2D eigenvalue weighted by molar-refractivity contribution is 0.438. The summed E-state index contributed by atoms with van der Waals surface area (Å²) in [6.45, 7) is 9.68. The molecule has 0 bridgehead atoms. The fourth-order valence-corrected chi connectivity index (χ4v) is 0.665. The summed E-state index contributed by atoms with van der Waals surface area (Å²) in [5, 5.41) is 1.48. The van der Waals surface area contributed by atoms with Crippen LogP contribution >= 0.6 is 0 Å². The van der Waals surface area contributed by atoms with Crippen LogP contribution in [0.15, 0.2) is 16.9 Å². The Labute approximate surface area is 68.6 Å². The van der Waals surface area contributed by atoms with Crippen molar-refractivity contribution in [3.8, 4) is 0 Å². The van der Waals surface area contributed by atoms with E-state index in [4.69, 9.17) is 5.84 Å². The van der Waals surface area contributed by atoms with Gasteiger partial charge in [0.15, 0.2) is 0 Å². The summed E-state index contributed by atoms with van der Waals surface area (Å²) in [7, 11) is 1.76. The second-order valence-electron chi connectivity index (χ2n) is 3.59. The van der Waals surface area contributed by atoms with Gasteiger partial charge in [-0.15, -0.1) is 0 Å². The number of nitrogens with zero attached hydrogens (tertiary/aromatic N) is 2. The molecule has 0 aromatic carbocycles. The molecule has 0 atom stereocenters. The van der Waals surface area contributed by atoms with Gasteiger partial charge < -0.3 is 5.01 Å². The SMILES string of the molecule is C=N/C(=C\N(C)N)C(C)(C)C. The van der Waals surface area contributed by atoms with Gasteiger partial charge in [-0.2, -0.15) is 0 Å². The molecule has 0 saturated carbocycles. The van der Waals surface area contributed by atoms with Crippen LogP contribution in [0.5, 0.6) is 0 Å². The van der Waals surface area contributed by atoms with E-state index in [1.165, 1.54) is 5.01 Å². The monoisotopic (exact) mass is 155 g/mol. The number of hydrogen-bond donors (Lipinski definition) is 1. The molecule has 0 fully saturated rings. The zero-order valence-electron chi connectivity index (χ0n) is 7.76. The molecule has 0 rings (SSSR count). The third kappa shape index (κ3) is 3.78. The smallest absolute Gasteiger partial charge is 0.0622 e. The van der Waals surface area contributed by atoms with Gasteiger partial charge in [0.1, 0.15) is 0 Å². The lowest BCUT2D eigenvalue weighted by Gasteiger charge is -2.20. The van der Waals surface area contributed by atoms with E-state index >= 15 is 0 Å². The minimum Gasteiger partial charge on any atom is -0.320 e. The van der Waals surface area contributed by atoms with Crippen molar-refractivity contribution in [1.29, 1.82) is 0 Å². The third-order valence-corrected chi connectivity index (χ3v) is 1.26. The Morgan fingerprint density at radius 1 is 1.55 bits per heavy atom. The van der Waals surface area contributed by atoms with E-state index in [1.807, 2.05) is 0 Å². The van der Waals surface area contributed by atoms with Crippen molar-refractivity contribution in [3.05, 3.63) is 11.9 Å². The van der Waals surface area contributed by atoms with Crippen LogP contribution in [0, 0.1) is 5.41 Å². The van der Waals surface area contributed by atoms with E-state index in [9.17, 15) is 0 Å². The van der Waals surface area contributed by atoms with E-state index in [0.29, 0.717) is 0 Å². The highest BCUT2D eigenvalue weighted by molar-refractivity contribution is 5.30. The van der Waals surface area contributed by atoms with Crippen LogP contribution in [0.3, 0.4) is 0 Å². The molecule has 2 N–H and O–H groups in total. The van der Waals surface area contributed by atoms with Crippen molar-refractivity contribution < 1.29 is 0 Å². The first kappa shape index (κ1) is 10.2. The average molecular weight is 155 g/mol. The lowest BCUT2D eigenvalue weighted by Crippen LogP contribution is -2.21. The van der Waals surface area contributed by atoms with Crippen molar-refractivity contribution in [2.24, 2.45) is 16.3 Å². The standard InChI is InChI=1S/C8H17N3/c1-8(2,3)7(10-4)6-11(5)9/h6H,4,9H2,1-3,5H3/b7-6-. The molecule has 64 valence electrons. The minimum absolute atomic E-state index is 0.00931. The van der Waals surface area contributed by atoms with E-state index in [1.54, 1.807) is 13.2 Å². The molecule has 0 aliphatic rings. The second kappa shape index (κ2) is 3.53. The fraction of sp³-hybridized carbons (Fsp3) is 0.625. The molecule has 0 radical (unpaired) electrons. The Kier molecular flexibility index (Phi) is 3.26. The van der Waals surface area contributed by atoms with Crippen molar-refractivity contribution >= 4 is 6.72 Å². The normalized spacial score (nSPS) is 13.0. The molecule has 0 aromatic heterocycles. The van der Waals surface area contributed by atoms with Crippen molar-refractivity contribution in [2.45, 2.75) is 20.8 Å². The molecule has 3 nitrogen and oxygen atoms in total. The zero-order valence-corrected chi connectivity index (χ0v) is 7.76. The lowest BCUT2D eigenvalue weighted by atomic mass is 9.93. The first-order valence-electron chi connectivity index (χ1n) is 3.54. The first-order chi connectivity index (χ1) is 4.88. The Hall–Kier alpha value is -0.830. The topological polar surface area (TPSA) is 41.6 Å². The number of nitrogens with two attached hydrogens (primary N) is 1. The highest BCUT2D eigenvalue weighted by Crippen LogP contribution is 2.25. The molecule has 0 aliphatic heterocycles. The second-order valence-corrected chi connectivity index (χ2v) is 3.59. The number of aliphatic imine (C=N–C) groups is 1. The summed E-state index contributed by atoms with van der Waals surface area (Å²) in [4.78, 5) is 3.89. The van der Waals surface area contributed by atoms with E-state index in [-0.39, 0.29) is 5.41 Å². The quantitative estimate of drug-likeness (QED) is 0.372. The van der Waals surface area contributed by atoms with Crippen LogP contribution in [0.4, 0.5) is 0 Å². The van der Waals surface area contributed by atoms with Crippen molar-refractivity contribution in [2.75, 3.05) is 7.05 Å². The molecular weight excluding hydrogens is 138 g/mol. The fourth-order valence-electron chi connectivity index (χ4n) is 0.665. The van der Waals surface area contributed by atoms with Gasteiger partial charge in [0.2, 0.25) is 0 Å². The van der Waals surface area contributed by atoms with Gasteiger partial charge in [-0.25, -0.2) is 5.84 Å². The van der Waals surface area contributed by atoms with Crippen LogP contribution in [-0.4, -0.2) is 18.8 Å². The molecule has 0 unspecified atom stereocenters. The summed E-state index contributed by atoms with van der Waals surface area (Å²) in [5.41, 5.74) is 0.901. The molecule has 11 heavy (non-hydrogen) atoms. The largest absolute Gasteiger partial charge is 0.320 e. The van der Waals surface area contributed by atoms with E-state index in [2.05, 4.69) is 32.5 Å². The highest BCUT2D eigenvalue weighted by Gasteiger charge is 2.15. The van der Waals surface area contributed by atoms with Gasteiger partial charge >= 0.3 is 0 Å². The Morgan fingerprint density at radius 2 is 2.00 bits per heavy atom.